The molecule has 26 heavy (non-hydrogen) atoms. The number of cyclic esters (lactones) is 1. The van der Waals surface area contributed by atoms with Gasteiger partial charge in [0.15, 0.2) is 0 Å². The lowest BCUT2D eigenvalue weighted by Crippen LogP contribution is -2.18. The van der Waals surface area contributed by atoms with Crippen LogP contribution in [-0.2, 0) is 14.3 Å². The van der Waals surface area contributed by atoms with Crippen molar-refractivity contribution in [1.29, 1.82) is 0 Å². The van der Waals surface area contributed by atoms with E-state index in [1.807, 2.05) is 60.0 Å². The number of nitrogens with zero attached hydrogens (tertiary/aromatic N) is 2. The second-order valence-corrected chi connectivity index (χ2v) is 6.57. The van der Waals surface area contributed by atoms with Crippen LogP contribution in [0.15, 0.2) is 48.7 Å². The van der Waals surface area contributed by atoms with Crippen LogP contribution in [0.2, 0.25) is 0 Å². The van der Waals surface area contributed by atoms with Crippen LogP contribution in [0.3, 0.4) is 0 Å². The number of pyridine rings is 1. The summed E-state index contributed by atoms with van der Waals surface area (Å²) in [6.07, 6.45) is 2.43. The first-order chi connectivity index (χ1) is 12.6. The number of imidazole rings is 1. The average molecular weight is 349 g/mol. The highest BCUT2D eigenvalue weighted by Crippen LogP contribution is 2.30. The fraction of sp³-hybridized carbons (Fsp3) is 0.250. The molecule has 6 nitrogen and oxygen atoms in total. The molecule has 0 saturated carbocycles. The van der Waals surface area contributed by atoms with E-state index in [9.17, 15) is 9.59 Å². The molecule has 1 atom stereocenters. The van der Waals surface area contributed by atoms with Gasteiger partial charge in [-0.1, -0.05) is 36.4 Å². The molecular weight excluding hydrogens is 330 g/mol. The molecule has 0 radical (unpaired) electrons. The van der Waals surface area contributed by atoms with Gasteiger partial charge in [0, 0.05) is 24.1 Å². The van der Waals surface area contributed by atoms with Gasteiger partial charge in [0.1, 0.15) is 17.2 Å². The van der Waals surface area contributed by atoms with Crippen LogP contribution in [0.25, 0.3) is 16.9 Å². The number of aromatic nitrogens is 2. The number of anilines is 1. The van der Waals surface area contributed by atoms with Crippen LogP contribution in [-0.4, -0.2) is 27.9 Å². The van der Waals surface area contributed by atoms with E-state index in [-0.39, 0.29) is 24.2 Å². The summed E-state index contributed by atoms with van der Waals surface area (Å²) in [5.41, 5.74) is 3.50. The zero-order chi connectivity index (χ0) is 18.1. The van der Waals surface area contributed by atoms with Crippen molar-refractivity contribution in [2.45, 2.75) is 19.8 Å². The predicted molar refractivity (Wildman–Crippen MR) is 97.7 cm³/mol. The molecule has 1 fully saturated rings. The van der Waals surface area contributed by atoms with Crippen molar-refractivity contribution in [1.82, 2.24) is 9.38 Å². The lowest BCUT2D eigenvalue weighted by molar-refractivity contribution is -0.138. The molecule has 1 amide bonds. The number of carbonyl (C=O) groups excluding carboxylic acids is 2. The largest absolute Gasteiger partial charge is 0.465 e. The first-order valence-corrected chi connectivity index (χ1v) is 8.60. The third kappa shape index (κ3) is 3.06. The van der Waals surface area contributed by atoms with Crippen LogP contribution < -0.4 is 5.32 Å². The Bertz CT molecular complexity index is 979. The molecule has 0 aliphatic carbocycles. The van der Waals surface area contributed by atoms with E-state index in [1.54, 1.807) is 0 Å². The van der Waals surface area contributed by atoms with Gasteiger partial charge in [0.25, 0.3) is 0 Å². The minimum absolute atomic E-state index is 0.0661. The Balaban J connectivity index is 1.69. The summed E-state index contributed by atoms with van der Waals surface area (Å²) in [5.74, 6) is 0.195. The lowest BCUT2D eigenvalue weighted by atomic mass is 10.0. The monoisotopic (exact) mass is 349 g/mol. The van der Waals surface area contributed by atoms with Crippen molar-refractivity contribution < 1.29 is 14.3 Å². The number of hydrogen-bond donors (Lipinski definition) is 1. The van der Waals surface area contributed by atoms with Crippen molar-refractivity contribution in [2.24, 2.45) is 5.92 Å². The maximum Gasteiger partial charge on any atom is 0.306 e. The highest BCUT2D eigenvalue weighted by molar-refractivity contribution is 5.95. The first-order valence-electron chi connectivity index (χ1n) is 8.60. The standard InChI is InChI=1S/C20H19N3O3/c1-13-6-5-9-23-19(13)22-18(15-7-3-2-4-8-15)20(23)21-16(24)10-14-11-17(25)26-12-14/h2-9,14H,10-12H2,1H3,(H,21,24). The van der Waals surface area contributed by atoms with E-state index < -0.39 is 0 Å². The number of esters is 1. The Hall–Kier alpha value is -3.15. The van der Waals surface area contributed by atoms with Crippen molar-refractivity contribution in [3.8, 4) is 11.3 Å². The molecule has 1 aliphatic heterocycles. The van der Waals surface area contributed by atoms with Gasteiger partial charge in [0.05, 0.1) is 13.0 Å². The zero-order valence-electron chi connectivity index (χ0n) is 14.4. The summed E-state index contributed by atoms with van der Waals surface area (Å²) in [6.45, 7) is 2.30. The Morgan fingerprint density at radius 3 is 2.81 bits per heavy atom. The maximum atomic E-state index is 12.6. The Labute approximate surface area is 150 Å². The Morgan fingerprint density at radius 2 is 2.08 bits per heavy atom. The minimum atomic E-state index is -0.238. The van der Waals surface area contributed by atoms with Crippen molar-refractivity contribution in [3.63, 3.8) is 0 Å². The second kappa shape index (κ2) is 6.63. The quantitative estimate of drug-likeness (QED) is 0.734. The van der Waals surface area contributed by atoms with Gasteiger partial charge in [-0.2, -0.15) is 0 Å². The third-order valence-corrected chi connectivity index (χ3v) is 4.56. The van der Waals surface area contributed by atoms with Crippen LogP contribution in [0.5, 0.6) is 0 Å². The molecule has 6 heteroatoms. The topological polar surface area (TPSA) is 72.7 Å². The number of benzene rings is 1. The van der Waals surface area contributed by atoms with E-state index in [0.29, 0.717) is 18.8 Å². The van der Waals surface area contributed by atoms with Gasteiger partial charge >= 0.3 is 5.97 Å². The fourth-order valence-electron chi connectivity index (χ4n) is 3.26. The van der Waals surface area contributed by atoms with Crippen LogP contribution in [0, 0.1) is 12.8 Å². The number of nitrogens with one attached hydrogen (secondary N) is 1. The predicted octanol–water partition coefficient (Wildman–Crippen LogP) is 3.20. The van der Waals surface area contributed by atoms with Crippen molar-refractivity contribution >= 4 is 23.3 Å². The van der Waals surface area contributed by atoms with Crippen LogP contribution in [0.1, 0.15) is 18.4 Å². The molecule has 3 heterocycles. The fourth-order valence-corrected chi connectivity index (χ4v) is 3.26. The molecule has 4 rings (SSSR count). The van der Waals surface area contributed by atoms with Gasteiger partial charge < -0.3 is 10.1 Å². The number of carbonyl (C=O) groups is 2. The highest BCUT2D eigenvalue weighted by Gasteiger charge is 2.27. The Morgan fingerprint density at radius 1 is 1.27 bits per heavy atom. The number of fused-ring (bicyclic) bond motifs is 1. The van der Waals surface area contributed by atoms with Gasteiger partial charge in [0.2, 0.25) is 5.91 Å². The molecule has 1 unspecified atom stereocenters. The summed E-state index contributed by atoms with van der Waals surface area (Å²) in [7, 11) is 0. The summed E-state index contributed by atoms with van der Waals surface area (Å²) in [4.78, 5) is 28.6. The number of hydrogen-bond acceptors (Lipinski definition) is 4. The molecule has 1 aromatic carbocycles. The molecular formula is C20H19N3O3. The van der Waals surface area contributed by atoms with E-state index in [4.69, 9.17) is 9.72 Å². The average Bonchev–Trinajstić information content (AvgIpc) is 3.20. The van der Waals surface area contributed by atoms with Gasteiger partial charge in [-0.15, -0.1) is 0 Å². The summed E-state index contributed by atoms with van der Waals surface area (Å²) in [6, 6.07) is 13.7. The van der Waals surface area contributed by atoms with Gasteiger partial charge in [-0.05, 0) is 18.6 Å². The zero-order valence-corrected chi connectivity index (χ0v) is 14.4. The number of aryl methyl sites for hydroxylation is 1. The van der Waals surface area contributed by atoms with Crippen LogP contribution >= 0.6 is 0 Å². The summed E-state index contributed by atoms with van der Waals surface area (Å²) < 4.78 is 6.84. The SMILES string of the molecule is Cc1cccn2c(NC(=O)CC3COC(=O)C3)c(-c3ccccc3)nc12. The van der Waals surface area contributed by atoms with Crippen molar-refractivity contribution in [2.75, 3.05) is 11.9 Å². The summed E-state index contributed by atoms with van der Waals surface area (Å²) in [5, 5.41) is 3.00. The molecule has 1 N–H and O–H groups in total. The normalized spacial score (nSPS) is 16.7. The van der Waals surface area contributed by atoms with Crippen LogP contribution in [0.4, 0.5) is 5.82 Å². The minimum Gasteiger partial charge on any atom is -0.465 e. The van der Waals surface area contributed by atoms with E-state index >= 15 is 0 Å². The van der Waals surface area contributed by atoms with Crippen molar-refractivity contribution in [3.05, 3.63) is 54.2 Å². The number of amides is 1. The molecule has 0 spiro atoms. The second-order valence-electron chi connectivity index (χ2n) is 6.57. The Kier molecular flexibility index (Phi) is 4.16. The summed E-state index contributed by atoms with van der Waals surface area (Å²) >= 11 is 0. The number of ether oxygens (including phenoxy) is 1. The van der Waals surface area contributed by atoms with Gasteiger partial charge in [-0.25, -0.2) is 4.98 Å². The molecule has 3 aromatic rings. The van der Waals surface area contributed by atoms with Gasteiger partial charge in [-0.3, -0.25) is 14.0 Å². The lowest BCUT2D eigenvalue weighted by Gasteiger charge is -2.10. The first kappa shape index (κ1) is 16.3. The molecule has 0 bridgehead atoms. The third-order valence-electron chi connectivity index (χ3n) is 4.56. The molecule has 1 saturated heterocycles. The van der Waals surface area contributed by atoms with E-state index in [0.717, 1.165) is 22.5 Å². The smallest absolute Gasteiger partial charge is 0.306 e. The van der Waals surface area contributed by atoms with E-state index in [1.165, 1.54) is 0 Å². The molecule has 1 aliphatic rings. The molecule has 132 valence electrons. The number of rotatable bonds is 4. The van der Waals surface area contributed by atoms with E-state index in [2.05, 4.69) is 5.32 Å². The molecule has 2 aromatic heterocycles. The highest BCUT2D eigenvalue weighted by atomic mass is 16.5. The maximum absolute atomic E-state index is 12.6.